The monoisotopic (exact) mass is 338 g/mol. The van der Waals surface area contributed by atoms with Crippen molar-refractivity contribution in [3.63, 3.8) is 0 Å². The fraction of sp³-hybridized carbons (Fsp3) is 0.389. The molecule has 0 radical (unpaired) electrons. The van der Waals surface area contributed by atoms with Gasteiger partial charge in [-0.05, 0) is 31.9 Å². The van der Waals surface area contributed by atoms with Gasteiger partial charge in [-0.3, -0.25) is 4.98 Å². The van der Waals surface area contributed by atoms with Crippen LogP contribution in [0.3, 0.4) is 0 Å². The summed E-state index contributed by atoms with van der Waals surface area (Å²) in [5.74, 6) is 3.11. The molecular formula is C18H22N6O. The Morgan fingerprint density at radius 3 is 2.72 bits per heavy atom. The van der Waals surface area contributed by atoms with Gasteiger partial charge >= 0.3 is 0 Å². The third kappa shape index (κ3) is 4.37. The number of anilines is 1. The van der Waals surface area contributed by atoms with Crippen molar-refractivity contribution >= 4 is 5.82 Å². The molecule has 7 nitrogen and oxygen atoms in total. The molecule has 0 fully saturated rings. The molecule has 0 aliphatic carbocycles. The average molecular weight is 338 g/mol. The second kappa shape index (κ2) is 7.38. The van der Waals surface area contributed by atoms with Gasteiger partial charge in [0.25, 0.3) is 0 Å². The first-order chi connectivity index (χ1) is 12.0. The zero-order chi connectivity index (χ0) is 17.8. The first-order valence-electron chi connectivity index (χ1n) is 8.36. The van der Waals surface area contributed by atoms with Gasteiger partial charge in [0.05, 0.1) is 0 Å². The SMILES string of the molecule is Cc1cc(NC(C)c2nc(CC(C)C)no2)nc(-c2cccnc2)n1. The number of hydrogen-bond donors (Lipinski definition) is 1. The second-order valence-corrected chi connectivity index (χ2v) is 6.47. The minimum atomic E-state index is -0.149. The predicted octanol–water partition coefficient (Wildman–Crippen LogP) is 3.60. The predicted molar refractivity (Wildman–Crippen MR) is 94.9 cm³/mol. The van der Waals surface area contributed by atoms with Crippen LogP contribution in [0.1, 0.15) is 44.2 Å². The summed E-state index contributed by atoms with van der Waals surface area (Å²) in [6.45, 7) is 8.15. The van der Waals surface area contributed by atoms with Crippen molar-refractivity contribution in [1.29, 1.82) is 0 Å². The van der Waals surface area contributed by atoms with Crippen molar-refractivity contribution in [2.24, 2.45) is 5.92 Å². The topological polar surface area (TPSA) is 89.6 Å². The highest BCUT2D eigenvalue weighted by atomic mass is 16.5. The molecule has 0 saturated carbocycles. The molecule has 7 heteroatoms. The highest BCUT2D eigenvalue weighted by Gasteiger charge is 2.16. The summed E-state index contributed by atoms with van der Waals surface area (Å²) >= 11 is 0. The van der Waals surface area contributed by atoms with Gasteiger partial charge in [0.1, 0.15) is 11.9 Å². The van der Waals surface area contributed by atoms with Crippen molar-refractivity contribution in [2.75, 3.05) is 5.32 Å². The normalized spacial score (nSPS) is 12.4. The van der Waals surface area contributed by atoms with Crippen LogP contribution in [0.5, 0.6) is 0 Å². The maximum absolute atomic E-state index is 5.37. The molecular weight excluding hydrogens is 316 g/mol. The van der Waals surface area contributed by atoms with Gasteiger partial charge in [-0.2, -0.15) is 4.98 Å². The summed E-state index contributed by atoms with van der Waals surface area (Å²) in [5.41, 5.74) is 1.74. The Balaban J connectivity index is 1.78. The van der Waals surface area contributed by atoms with E-state index in [1.54, 1.807) is 12.4 Å². The maximum atomic E-state index is 5.37. The lowest BCUT2D eigenvalue weighted by molar-refractivity contribution is 0.360. The molecule has 0 saturated heterocycles. The highest BCUT2D eigenvalue weighted by Crippen LogP contribution is 2.21. The van der Waals surface area contributed by atoms with Gasteiger partial charge < -0.3 is 9.84 Å². The molecule has 3 heterocycles. The number of aromatic nitrogens is 5. The van der Waals surface area contributed by atoms with Crippen LogP contribution < -0.4 is 5.32 Å². The van der Waals surface area contributed by atoms with E-state index in [1.165, 1.54) is 0 Å². The summed E-state index contributed by atoms with van der Waals surface area (Å²) < 4.78 is 5.37. The van der Waals surface area contributed by atoms with Crippen LogP contribution in [0.25, 0.3) is 11.4 Å². The summed E-state index contributed by atoms with van der Waals surface area (Å²) in [5, 5.41) is 7.34. The van der Waals surface area contributed by atoms with Gasteiger partial charge in [0.15, 0.2) is 11.6 Å². The lowest BCUT2D eigenvalue weighted by Crippen LogP contribution is -2.10. The molecule has 1 atom stereocenters. The fourth-order valence-corrected chi connectivity index (χ4v) is 2.44. The number of hydrogen-bond acceptors (Lipinski definition) is 7. The van der Waals surface area contributed by atoms with Crippen molar-refractivity contribution in [3.05, 3.63) is 48.0 Å². The average Bonchev–Trinajstić information content (AvgIpc) is 3.03. The van der Waals surface area contributed by atoms with E-state index in [0.29, 0.717) is 23.5 Å². The van der Waals surface area contributed by atoms with Gasteiger partial charge in [0.2, 0.25) is 5.89 Å². The van der Waals surface area contributed by atoms with Gasteiger partial charge in [-0.15, -0.1) is 0 Å². The Bertz CT molecular complexity index is 831. The highest BCUT2D eigenvalue weighted by molar-refractivity contribution is 5.56. The van der Waals surface area contributed by atoms with Crippen LogP contribution >= 0.6 is 0 Å². The Kier molecular flexibility index (Phi) is 5.02. The molecule has 1 unspecified atom stereocenters. The number of pyridine rings is 1. The Hall–Kier alpha value is -2.83. The van der Waals surface area contributed by atoms with Crippen LogP contribution in [-0.2, 0) is 6.42 Å². The van der Waals surface area contributed by atoms with E-state index in [4.69, 9.17) is 4.52 Å². The summed E-state index contributed by atoms with van der Waals surface area (Å²) in [6, 6.07) is 5.54. The molecule has 0 bridgehead atoms. The van der Waals surface area contributed by atoms with Crippen molar-refractivity contribution in [2.45, 2.75) is 40.2 Å². The van der Waals surface area contributed by atoms with Crippen molar-refractivity contribution in [1.82, 2.24) is 25.1 Å². The lowest BCUT2D eigenvalue weighted by atomic mass is 10.1. The molecule has 3 aromatic heterocycles. The summed E-state index contributed by atoms with van der Waals surface area (Å²) in [6.07, 6.45) is 4.27. The first-order valence-corrected chi connectivity index (χ1v) is 8.36. The van der Waals surface area contributed by atoms with E-state index >= 15 is 0 Å². The quantitative estimate of drug-likeness (QED) is 0.734. The van der Waals surface area contributed by atoms with Crippen LogP contribution in [0.15, 0.2) is 35.1 Å². The minimum absolute atomic E-state index is 0.149. The van der Waals surface area contributed by atoms with E-state index < -0.39 is 0 Å². The van der Waals surface area contributed by atoms with E-state index in [9.17, 15) is 0 Å². The van der Waals surface area contributed by atoms with Crippen LogP contribution in [0.4, 0.5) is 5.82 Å². The van der Waals surface area contributed by atoms with Gasteiger partial charge in [-0.25, -0.2) is 9.97 Å². The van der Waals surface area contributed by atoms with Crippen LogP contribution in [0, 0.1) is 12.8 Å². The number of nitrogens with zero attached hydrogens (tertiary/aromatic N) is 5. The van der Waals surface area contributed by atoms with Crippen LogP contribution in [-0.4, -0.2) is 25.1 Å². The smallest absolute Gasteiger partial charge is 0.248 e. The maximum Gasteiger partial charge on any atom is 0.248 e. The largest absolute Gasteiger partial charge is 0.358 e. The second-order valence-electron chi connectivity index (χ2n) is 6.47. The first kappa shape index (κ1) is 17.0. The Morgan fingerprint density at radius 2 is 2.00 bits per heavy atom. The molecule has 0 aliphatic rings. The van der Waals surface area contributed by atoms with Gasteiger partial charge in [-0.1, -0.05) is 19.0 Å². The third-order valence-corrected chi connectivity index (χ3v) is 3.58. The molecule has 25 heavy (non-hydrogen) atoms. The standard InChI is InChI=1S/C18H22N6O/c1-11(2)8-16-23-18(25-24-16)13(4)21-15-9-12(3)20-17(22-15)14-6-5-7-19-10-14/h5-7,9-11,13H,8H2,1-4H3,(H,20,21,22). The molecule has 3 aromatic rings. The van der Waals surface area contributed by atoms with Gasteiger partial charge in [0, 0.05) is 36.1 Å². The Labute approximate surface area is 146 Å². The molecule has 0 aromatic carbocycles. The zero-order valence-electron chi connectivity index (χ0n) is 14.9. The van der Waals surface area contributed by atoms with E-state index in [-0.39, 0.29) is 6.04 Å². The number of rotatable bonds is 6. The van der Waals surface area contributed by atoms with Crippen molar-refractivity contribution in [3.8, 4) is 11.4 Å². The van der Waals surface area contributed by atoms with E-state index in [1.807, 2.05) is 32.0 Å². The van der Waals surface area contributed by atoms with Crippen LogP contribution in [0.2, 0.25) is 0 Å². The van der Waals surface area contributed by atoms with E-state index in [2.05, 4.69) is 44.3 Å². The molecule has 3 rings (SSSR count). The lowest BCUT2D eigenvalue weighted by Gasteiger charge is -2.12. The molecule has 0 aliphatic heterocycles. The number of aryl methyl sites for hydroxylation is 1. The van der Waals surface area contributed by atoms with E-state index in [0.717, 1.165) is 23.5 Å². The van der Waals surface area contributed by atoms with Crippen molar-refractivity contribution < 1.29 is 4.52 Å². The Morgan fingerprint density at radius 1 is 1.16 bits per heavy atom. The zero-order valence-corrected chi connectivity index (χ0v) is 14.9. The molecule has 0 spiro atoms. The summed E-state index contributed by atoms with van der Waals surface area (Å²) in [4.78, 5) is 17.6. The molecule has 130 valence electrons. The molecule has 1 N–H and O–H groups in total. The third-order valence-electron chi connectivity index (χ3n) is 3.58. The minimum Gasteiger partial charge on any atom is -0.358 e. The fourth-order valence-electron chi connectivity index (χ4n) is 2.44. The molecule has 0 amide bonds. The summed E-state index contributed by atoms with van der Waals surface area (Å²) in [7, 11) is 0. The number of nitrogens with one attached hydrogen (secondary N) is 1.